The minimum atomic E-state index is -0.293. The highest BCUT2D eigenvalue weighted by Gasteiger charge is 2.26. The van der Waals surface area contributed by atoms with Crippen molar-refractivity contribution >= 4 is 5.97 Å². The van der Waals surface area contributed by atoms with E-state index in [9.17, 15) is 4.79 Å². The maximum Gasteiger partial charge on any atom is 0.357 e. The normalized spacial score (nSPS) is 17.3. The molecule has 18 heavy (non-hydrogen) atoms. The number of nitrogens with zero attached hydrogens (tertiary/aromatic N) is 1. The van der Waals surface area contributed by atoms with Gasteiger partial charge in [0.1, 0.15) is 0 Å². The van der Waals surface area contributed by atoms with Crippen molar-refractivity contribution in [1.82, 2.24) is 4.98 Å². The number of carbonyl (C=O) groups is 1. The van der Waals surface area contributed by atoms with Gasteiger partial charge in [0.25, 0.3) is 0 Å². The summed E-state index contributed by atoms with van der Waals surface area (Å²) in [7, 11) is 0. The van der Waals surface area contributed by atoms with Crippen molar-refractivity contribution in [2.24, 2.45) is 5.92 Å². The zero-order chi connectivity index (χ0) is 13.0. The van der Waals surface area contributed by atoms with Gasteiger partial charge < -0.3 is 4.74 Å². The van der Waals surface area contributed by atoms with Gasteiger partial charge in [0.2, 0.25) is 0 Å². The van der Waals surface area contributed by atoms with Crippen molar-refractivity contribution in [2.75, 3.05) is 6.61 Å². The Morgan fingerprint density at radius 2 is 2.44 bits per heavy atom. The van der Waals surface area contributed by atoms with E-state index in [1.807, 2.05) is 19.1 Å². The molecule has 0 saturated heterocycles. The third kappa shape index (κ3) is 2.61. The lowest BCUT2D eigenvalue weighted by Crippen LogP contribution is -2.10. The molecule has 0 aromatic carbocycles. The summed E-state index contributed by atoms with van der Waals surface area (Å²) in [5.74, 6) is 0.314. The third-order valence-electron chi connectivity index (χ3n) is 3.40. The van der Waals surface area contributed by atoms with Gasteiger partial charge in [0.05, 0.1) is 6.61 Å². The molecule has 0 spiro atoms. The molecule has 1 aliphatic carbocycles. The van der Waals surface area contributed by atoms with Crippen LogP contribution >= 0.6 is 0 Å². The van der Waals surface area contributed by atoms with E-state index >= 15 is 0 Å². The monoisotopic (exact) mass is 245 g/mol. The van der Waals surface area contributed by atoms with Crippen molar-refractivity contribution in [2.45, 2.75) is 32.6 Å². The van der Waals surface area contributed by atoms with E-state index in [1.54, 1.807) is 6.20 Å². The van der Waals surface area contributed by atoms with Gasteiger partial charge >= 0.3 is 5.97 Å². The zero-order valence-electron chi connectivity index (χ0n) is 10.8. The number of rotatable bonds is 5. The molecule has 96 valence electrons. The number of aromatic nitrogens is 1. The number of allylic oxidation sites excluding steroid dienone is 1. The van der Waals surface area contributed by atoms with Crippen LogP contribution in [0, 0.1) is 5.92 Å². The van der Waals surface area contributed by atoms with Crippen molar-refractivity contribution in [3.63, 3.8) is 0 Å². The van der Waals surface area contributed by atoms with E-state index in [-0.39, 0.29) is 5.97 Å². The summed E-state index contributed by atoms with van der Waals surface area (Å²) < 4.78 is 5.05. The molecule has 0 unspecified atom stereocenters. The minimum Gasteiger partial charge on any atom is -0.461 e. The van der Waals surface area contributed by atoms with Gasteiger partial charge in [-0.25, -0.2) is 9.78 Å². The number of carbonyl (C=O) groups excluding carboxylic acids is 1. The second-order valence-electron chi connectivity index (χ2n) is 4.66. The summed E-state index contributed by atoms with van der Waals surface area (Å²) in [5, 5.41) is 0. The largest absolute Gasteiger partial charge is 0.461 e. The van der Waals surface area contributed by atoms with Crippen molar-refractivity contribution < 1.29 is 9.53 Å². The molecule has 0 N–H and O–H groups in total. The van der Waals surface area contributed by atoms with Gasteiger partial charge in [-0.1, -0.05) is 6.08 Å². The molecule has 0 aliphatic heterocycles. The SMILES string of the molecule is C=CCC[C@@H]1Cc2ccnc(C(=O)OCC)c2C1. The number of fused-ring (bicyclic) bond motifs is 1. The van der Waals surface area contributed by atoms with Crippen molar-refractivity contribution in [3.05, 3.63) is 41.7 Å². The Bertz CT molecular complexity index is 454. The number of ether oxygens (including phenoxy) is 1. The molecule has 2 rings (SSSR count). The first kappa shape index (κ1) is 12.8. The number of pyridine rings is 1. The summed E-state index contributed by atoms with van der Waals surface area (Å²) in [6, 6.07) is 2.02. The van der Waals surface area contributed by atoms with Gasteiger partial charge in [0.15, 0.2) is 5.69 Å². The number of esters is 1. The Hall–Kier alpha value is -1.64. The predicted molar refractivity (Wildman–Crippen MR) is 70.5 cm³/mol. The molecule has 3 nitrogen and oxygen atoms in total. The van der Waals surface area contributed by atoms with Gasteiger partial charge in [-0.05, 0) is 55.7 Å². The smallest absolute Gasteiger partial charge is 0.357 e. The van der Waals surface area contributed by atoms with Gasteiger partial charge in [-0.15, -0.1) is 6.58 Å². The first-order valence-electron chi connectivity index (χ1n) is 6.51. The van der Waals surface area contributed by atoms with Crippen LogP contribution in [0.3, 0.4) is 0 Å². The molecule has 3 heteroatoms. The Balaban J connectivity index is 2.16. The number of hydrogen-bond acceptors (Lipinski definition) is 3. The van der Waals surface area contributed by atoms with Gasteiger partial charge in [-0.3, -0.25) is 0 Å². The predicted octanol–water partition coefficient (Wildman–Crippen LogP) is 2.94. The van der Waals surface area contributed by atoms with E-state index in [1.165, 1.54) is 5.56 Å². The van der Waals surface area contributed by atoms with E-state index in [0.717, 1.165) is 31.2 Å². The first-order chi connectivity index (χ1) is 8.76. The summed E-state index contributed by atoms with van der Waals surface area (Å²) in [6.07, 6.45) is 7.79. The quantitative estimate of drug-likeness (QED) is 0.591. The molecule has 1 aromatic rings. The molecular weight excluding hydrogens is 226 g/mol. The highest BCUT2D eigenvalue weighted by atomic mass is 16.5. The van der Waals surface area contributed by atoms with Crippen LogP contribution in [0.25, 0.3) is 0 Å². The van der Waals surface area contributed by atoms with Crippen molar-refractivity contribution in [1.29, 1.82) is 0 Å². The first-order valence-corrected chi connectivity index (χ1v) is 6.51. The Morgan fingerprint density at radius 1 is 1.61 bits per heavy atom. The van der Waals surface area contributed by atoms with Gasteiger partial charge in [0, 0.05) is 6.20 Å². The van der Waals surface area contributed by atoms with Crippen molar-refractivity contribution in [3.8, 4) is 0 Å². The molecule has 0 amide bonds. The molecule has 0 fully saturated rings. The fourth-order valence-corrected chi connectivity index (χ4v) is 2.56. The molecule has 1 atom stereocenters. The lowest BCUT2D eigenvalue weighted by molar-refractivity contribution is 0.0518. The van der Waals surface area contributed by atoms with Crippen LogP contribution in [0.2, 0.25) is 0 Å². The fraction of sp³-hybridized carbons (Fsp3) is 0.467. The summed E-state index contributed by atoms with van der Waals surface area (Å²) in [6.45, 7) is 5.96. The Morgan fingerprint density at radius 3 is 3.17 bits per heavy atom. The highest BCUT2D eigenvalue weighted by Crippen LogP contribution is 2.31. The zero-order valence-corrected chi connectivity index (χ0v) is 10.8. The molecule has 0 bridgehead atoms. The molecule has 1 aliphatic rings. The van der Waals surface area contributed by atoms with Crippen LogP contribution in [-0.2, 0) is 17.6 Å². The molecule has 0 radical (unpaired) electrons. The Kier molecular flexibility index (Phi) is 4.13. The van der Waals surface area contributed by atoms with Crippen LogP contribution in [-0.4, -0.2) is 17.6 Å². The molecular formula is C15H19NO2. The topological polar surface area (TPSA) is 39.2 Å². The second kappa shape index (κ2) is 5.80. The second-order valence-corrected chi connectivity index (χ2v) is 4.66. The summed E-state index contributed by atoms with van der Waals surface area (Å²) >= 11 is 0. The van der Waals surface area contributed by atoms with Crippen LogP contribution < -0.4 is 0 Å². The third-order valence-corrected chi connectivity index (χ3v) is 3.40. The van der Waals surface area contributed by atoms with Gasteiger partial charge in [-0.2, -0.15) is 0 Å². The lowest BCUT2D eigenvalue weighted by Gasteiger charge is -2.07. The van der Waals surface area contributed by atoms with Crippen LogP contribution in [0.4, 0.5) is 0 Å². The van der Waals surface area contributed by atoms with Crippen LogP contribution in [0.5, 0.6) is 0 Å². The van der Waals surface area contributed by atoms with E-state index in [4.69, 9.17) is 4.74 Å². The summed E-state index contributed by atoms with van der Waals surface area (Å²) in [5.41, 5.74) is 2.85. The summed E-state index contributed by atoms with van der Waals surface area (Å²) in [4.78, 5) is 16.0. The standard InChI is InChI=1S/C15H19NO2/c1-3-5-6-11-9-12-7-8-16-14(13(12)10-11)15(17)18-4-2/h3,7-8,11H,1,4-6,9-10H2,2H3/t11-/m1/s1. The lowest BCUT2D eigenvalue weighted by atomic mass is 10.00. The molecule has 1 aromatic heterocycles. The Labute approximate surface area is 108 Å². The highest BCUT2D eigenvalue weighted by molar-refractivity contribution is 5.89. The van der Waals surface area contributed by atoms with Crippen LogP contribution in [0.1, 0.15) is 41.4 Å². The molecule has 0 saturated carbocycles. The number of hydrogen-bond donors (Lipinski definition) is 0. The van der Waals surface area contributed by atoms with E-state index in [2.05, 4.69) is 11.6 Å². The molecule has 1 heterocycles. The fourth-order valence-electron chi connectivity index (χ4n) is 2.56. The van der Waals surface area contributed by atoms with Crippen LogP contribution in [0.15, 0.2) is 24.9 Å². The maximum absolute atomic E-state index is 11.8. The minimum absolute atomic E-state index is 0.293. The maximum atomic E-state index is 11.8. The average Bonchev–Trinajstić information content (AvgIpc) is 2.79. The van der Waals surface area contributed by atoms with E-state index < -0.39 is 0 Å². The average molecular weight is 245 g/mol. The van der Waals surface area contributed by atoms with E-state index in [0.29, 0.717) is 18.2 Å².